The Kier molecular flexibility index (Phi) is 3.39. The van der Waals surface area contributed by atoms with Crippen LogP contribution in [0.4, 0.5) is 17.6 Å². The number of hydrogen-bond acceptors (Lipinski definition) is 2. The average molecular weight is 243 g/mol. The molecule has 0 spiro atoms. The number of rotatable bonds is 5. The molecule has 2 N–H and O–H groups in total. The summed E-state index contributed by atoms with van der Waals surface area (Å²) in [5.41, 5.74) is 0. The Balaban J connectivity index is 2.35. The minimum Gasteiger partial charge on any atom is -0.481 e. The molecule has 0 aromatic carbocycles. The molecule has 2 atom stereocenters. The van der Waals surface area contributed by atoms with Crippen LogP contribution < -0.4 is 5.32 Å². The van der Waals surface area contributed by atoms with Crippen LogP contribution in [0.3, 0.4) is 0 Å². The van der Waals surface area contributed by atoms with Crippen molar-refractivity contribution in [3.63, 3.8) is 0 Å². The third kappa shape index (κ3) is 2.83. The third-order valence-electron chi connectivity index (χ3n) is 2.26. The SMILES string of the molecule is O=C(O)C1CC1C(=O)NCC(F)(F)C(F)F. The summed E-state index contributed by atoms with van der Waals surface area (Å²) in [6.45, 7) is -1.48. The molecular formula is C8H9F4NO3. The van der Waals surface area contributed by atoms with Gasteiger partial charge >= 0.3 is 18.3 Å². The predicted octanol–water partition coefficient (Wildman–Crippen LogP) is 0.724. The third-order valence-corrected chi connectivity index (χ3v) is 2.26. The van der Waals surface area contributed by atoms with Crippen LogP contribution in [0.1, 0.15) is 6.42 Å². The molecule has 92 valence electrons. The number of carbonyl (C=O) groups is 2. The molecule has 1 aliphatic carbocycles. The van der Waals surface area contributed by atoms with Gasteiger partial charge in [0.15, 0.2) is 0 Å². The van der Waals surface area contributed by atoms with Crippen molar-refractivity contribution >= 4 is 11.9 Å². The second-order valence-corrected chi connectivity index (χ2v) is 3.57. The molecule has 1 rings (SSSR count). The molecule has 0 saturated heterocycles. The normalized spacial score (nSPS) is 24.3. The molecule has 0 radical (unpaired) electrons. The Morgan fingerprint density at radius 2 is 1.94 bits per heavy atom. The Morgan fingerprint density at radius 3 is 2.31 bits per heavy atom. The number of alkyl halides is 4. The Hall–Kier alpha value is -1.34. The van der Waals surface area contributed by atoms with E-state index in [1.165, 1.54) is 0 Å². The van der Waals surface area contributed by atoms with E-state index >= 15 is 0 Å². The van der Waals surface area contributed by atoms with Crippen molar-refractivity contribution in [1.82, 2.24) is 5.32 Å². The monoisotopic (exact) mass is 243 g/mol. The van der Waals surface area contributed by atoms with E-state index in [9.17, 15) is 27.2 Å². The molecule has 1 fully saturated rings. The quantitative estimate of drug-likeness (QED) is 0.699. The fraction of sp³-hybridized carbons (Fsp3) is 0.750. The highest BCUT2D eigenvalue weighted by Crippen LogP contribution is 2.38. The average Bonchev–Trinajstić information content (AvgIpc) is 2.93. The van der Waals surface area contributed by atoms with Crippen molar-refractivity contribution in [3.8, 4) is 0 Å². The fourth-order valence-electron chi connectivity index (χ4n) is 1.17. The molecule has 0 heterocycles. The molecule has 1 aliphatic rings. The predicted molar refractivity (Wildman–Crippen MR) is 43.2 cm³/mol. The van der Waals surface area contributed by atoms with E-state index in [0.717, 1.165) is 0 Å². The first-order chi connectivity index (χ1) is 7.25. The number of carboxylic acids is 1. The standard InChI is InChI=1S/C8H9F4NO3/c9-7(10)8(11,12)2-13-5(14)3-1-4(3)6(15)16/h3-4,7H,1-2H2,(H,13,14)(H,15,16). The molecule has 1 saturated carbocycles. The summed E-state index contributed by atoms with van der Waals surface area (Å²) in [4.78, 5) is 21.4. The van der Waals surface area contributed by atoms with Gasteiger partial charge in [0.05, 0.1) is 18.4 Å². The molecule has 16 heavy (non-hydrogen) atoms. The van der Waals surface area contributed by atoms with Gasteiger partial charge in [-0.1, -0.05) is 0 Å². The molecule has 4 nitrogen and oxygen atoms in total. The van der Waals surface area contributed by atoms with E-state index in [2.05, 4.69) is 0 Å². The van der Waals surface area contributed by atoms with Gasteiger partial charge in [-0.05, 0) is 6.42 Å². The highest BCUT2D eigenvalue weighted by molar-refractivity contribution is 5.89. The van der Waals surface area contributed by atoms with Crippen LogP contribution in [-0.4, -0.2) is 35.9 Å². The van der Waals surface area contributed by atoms with Crippen LogP contribution in [0.25, 0.3) is 0 Å². The van der Waals surface area contributed by atoms with E-state index in [0.29, 0.717) is 0 Å². The van der Waals surface area contributed by atoms with Crippen molar-refractivity contribution in [1.29, 1.82) is 0 Å². The lowest BCUT2D eigenvalue weighted by Crippen LogP contribution is -2.42. The zero-order valence-electron chi connectivity index (χ0n) is 7.92. The number of carboxylic acid groups (broad SMARTS) is 1. The van der Waals surface area contributed by atoms with E-state index in [1.54, 1.807) is 5.32 Å². The molecule has 0 bridgehead atoms. The van der Waals surface area contributed by atoms with Gasteiger partial charge in [0.25, 0.3) is 0 Å². The van der Waals surface area contributed by atoms with Gasteiger partial charge < -0.3 is 10.4 Å². The molecule has 0 aliphatic heterocycles. The second-order valence-electron chi connectivity index (χ2n) is 3.57. The highest BCUT2D eigenvalue weighted by Gasteiger charge is 2.49. The summed E-state index contributed by atoms with van der Waals surface area (Å²) in [6.07, 6.45) is -3.80. The molecule has 0 aromatic heterocycles. The highest BCUT2D eigenvalue weighted by atomic mass is 19.3. The second kappa shape index (κ2) is 4.26. The molecule has 1 amide bonds. The van der Waals surface area contributed by atoms with Gasteiger partial charge in [-0.3, -0.25) is 9.59 Å². The first kappa shape index (κ1) is 12.7. The largest absolute Gasteiger partial charge is 0.481 e. The van der Waals surface area contributed by atoms with E-state index in [1.807, 2.05) is 0 Å². The van der Waals surface area contributed by atoms with Crippen molar-refractivity contribution in [3.05, 3.63) is 0 Å². The number of carbonyl (C=O) groups excluding carboxylic acids is 1. The Morgan fingerprint density at radius 1 is 1.38 bits per heavy atom. The van der Waals surface area contributed by atoms with Gasteiger partial charge in [0.1, 0.15) is 0 Å². The van der Waals surface area contributed by atoms with Gasteiger partial charge in [-0.15, -0.1) is 0 Å². The zero-order valence-corrected chi connectivity index (χ0v) is 7.92. The van der Waals surface area contributed by atoms with Gasteiger partial charge in [0, 0.05) is 0 Å². The van der Waals surface area contributed by atoms with Crippen LogP contribution >= 0.6 is 0 Å². The van der Waals surface area contributed by atoms with Crippen molar-refractivity contribution < 1.29 is 32.3 Å². The topological polar surface area (TPSA) is 66.4 Å². The molecular weight excluding hydrogens is 234 g/mol. The maximum absolute atomic E-state index is 12.4. The summed E-state index contributed by atoms with van der Waals surface area (Å²) in [7, 11) is 0. The van der Waals surface area contributed by atoms with Crippen molar-refractivity contribution in [2.75, 3.05) is 6.54 Å². The van der Waals surface area contributed by atoms with E-state index in [4.69, 9.17) is 5.11 Å². The maximum Gasteiger partial charge on any atom is 0.324 e. The molecule has 2 unspecified atom stereocenters. The first-order valence-corrected chi connectivity index (χ1v) is 4.42. The van der Waals surface area contributed by atoms with Crippen LogP contribution in [0.15, 0.2) is 0 Å². The number of amides is 1. The Bertz CT molecular complexity index is 308. The van der Waals surface area contributed by atoms with E-state index < -0.39 is 42.6 Å². The van der Waals surface area contributed by atoms with Gasteiger partial charge in [-0.2, -0.15) is 8.78 Å². The van der Waals surface area contributed by atoms with E-state index in [-0.39, 0.29) is 6.42 Å². The van der Waals surface area contributed by atoms with Crippen LogP contribution in [0.5, 0.6) is 0 Å². The maximum atomic E-state index is 12.4. The number of aliphatic carboxylic acids is 1. The zero-order chi connectivity index (χ0) is 12.5. The summed E-state index contributed by atoms with van der Waals surface area (Å²) in [5, 5.41) is 10.1. The molecule has 0 aromatic rings. The van der Waals surface area contributed by atoms with Gasteiger partial charge in [-0.25, -0.2) is 8.78 Å². The Labute approximate surface area is 87.6 Å². The minimum atomic E-state index is -4.29. The lowest BCUT2D eigenvalue weighted by atomic mass is 10.3. The summed E-state index contributed by atoms with van der Waals surface area (Å²) in [6, 6.07) is 0. The van der Waals surface area contributed by atoms with Crippen molar-refractivity contribution in [2.24, 2.45) is 11.8 Å². The van der Waals surface area contributed by atoms with Gasteiger partial charge in [0.2, 0.25) is 5.91 Å². The summed E-state index contributed by atoms with van der Waals surface area (Å²) in [5.74, 6) is -8.18. The van der Waals surface area contributed by atoms with Crippen LogP contribution in [-0.2, 0) is 9.59 Å². The summed E-state index contributed by atoms with van der Waals surface area (Å²) >= 11 is 0. The van der Waals surface area contributed by atoms with Crippen molar-refractivity contribution in [2.45, 2.75) is 18.8 Å². The van der Waals surface area contributed by atoms with Crippen LogP contribution in [0.2, 0.25) is 0 Å². The van der Waals surface area contributed by atoms with Crippen LogP contribution in [0, 0.1) is 11.8 Å². The number of hydrogen-bond donors (Lipinski definition) is 2. The lowest BCUT2D eigenvalue weighted by Gasteiger charge is -2.15. The molecule has 8 heteroatoms. The number of nitrogens with one attached hydrogen (secondary N) is 1. The smallest absolute Gasteiger partial charge is 0.324 e. The lowest BCUT2D eigenvalue weighted by molar-refractivity contribution is -0.142. The first-order valence-electron chi connectivity index (χ1n) is 4.42. The summed E-state index contributed by atoms with van der Waals surface area (Å²) < 4.78 is 48.1. The fourth-order valence-corrected chi connectivity index (χ4v) is 1.17. The number of halogens is 4. The minimum absolute atomic E-state index is 0.0570.